The van der Waals surface area contributed by atoms with Gasteiger partial charge in [0.2, 0.25) is 0 Å². The summed E-state index contributed by atoms with van der Waals surface area (Å²) in [5.74, 6) is 0.582. The lowest BCUT2D eigenvalue weighted by Gasteiger charge is -2.10. The number of aliphatic imine (C=N–C) groups is 2. The van der Waals surface area contributed by atoms with Gasteiger partial charge in [0.1, 0.15) is 0 Å². The number of nitrogens with zero attached hydrogens (tertiary/aromatic N) is 2. The van der Waals surface area contributed by atoms with Gasteiger partial charge in [0, 0.05) is 18.8 Å². The van der Waals surface area contributed by atoms with Crippen LogP contribution in [0, 0.1) is 12.8 Å². The van der Waals surface area contributed by atoms with Crippen molar-refractivity contribution in [2.45, 2.75) is 33.4 Å². The van der Waals surface area contributed by atoms with Crippen molar-refractivity contribution in [3.63, 3.8) is 0 Å². The zero-order valence-electron chi connectivity index (χ0n) is 12.1. The Labute approximate surface area is 117 Å². The second-order valence-electron chi connectivity index (χ2n) is 4.80. The Balaban J connectivity index is 3.17. The molecule has 0 aliphatic carbocycles. The predicted octanol–water partition coefficient (Wildman–Crippen LogP) is 4.51. The van der Waals surface area contributed by atoms with Crippen LogP contribution < -0.4 is 0 Å². The number of halogens is 3. The molecule has 1 aromatic rings. The summed E-state index contributed by atoms with van der Waals surface area (Å²) >= 11 is 0. The van der Waals surface area contributed by atoms with E-state index < -0.39 is 11.7 Å². The van der Waals surface area contributed by atoms with Gasteiger partial charge >= 0.3 is 6.18 Å². The Morgan fingerprint density at radius 1 is 1.30 bits per heavy atom. The first-order valence-corrected chi connectivity index (χ1v) is 6.48. The zero-order valence-corrected chi connectivity index (χ0v) is 12.1. The Morgan fingerprint density at radius 2 is 1.95 bits per heavy atom. The molecule has 0 radical (unpaired) electrons. The Bertz CT molecular complexity index is 516. The summed E-state index contributed by atoms with van der Waals surface area (Å²) in [4.78, 5) is 8.19. The van der Waals surface area contributed by atoms with Gasteiger partial charge in [-0.3, -0.25) is 4.99 Å². The van der Waals surface area contributed by atoms with E-state index in [0.29, 0.717) is 17.0 Å². The Kier molecular flexibility index (Phi) is 5.48. The van der Waals surface area contributed by atoms with Crippen LogP contribution in [0.2, 0.25) is 0 Å². The van der Waals surface area contributed by atoms with E-state index in [1.54, 1.807) is 19.2 Å². The zero-order chi connectivity index (χ0) is 15.3. The lowest BCUT2D eigenvalue weighted by atomic mass is 10.1. The molecule has 1 atom stereocenters. The van der Waals surface area contributed by atoms with Crippen LogP contribution in [-0.4, -0.2) is 19.1 Å². The molecule has 0 unspecified atom stereocenters. The third-order valence-electron chi connectivity index (χ3n) is 2.97. The summed E-state index contributed by atoms with van der Waals surface area (Å²) in [6.07, 6.45) is -1.72. The maximum absolute atomic E-state index is 12.8. The van der Waals surface area contributed by atoms with Gasteiger partial charge in [0.15, 0.2) is 5.84 Å². The van der Waals surface area contributed by atoms with Crippen LogP contribution in [-0.2, 0) is 6.18 Å². The van der Waals surface area contributed by atoms with Crippen molar-refractivity contribution < 1.29 is 13.2 Å². The van der Waals surface area contributed by atoms with Gasteiger partial charge in [-0.2, -0.15) is 13.2 Å². The maximum atomic E-state index is 12.8. The lowest BCUT2D eigenvalue weighted by Crippen LogP contribution is -2.08. The summed E-state index contributed by atoms with van der Waals surface area (Å²) in [7, 11) is 1.53. The summed E-state index contributed by atoms with van der Waals surface area (Å²) in [6.45, 7) is 5.65. The quantitative estimate of drug-likeness (QED) is 0.576. The van der Waals surface area contributed by atoms with Crippen LogP contribution in [0.4, 0.5) is 13.2 Å². The van der Waals surface area contributed by atoms with E-state index in [9.17, 15) is 13.2 Å². The average Bonchev–Trinajstić information content (AvgIpc) is 2.37. The summed E-state index contributed by atoms with van der Waals surface area (Å²) < 4.78 is 38.4. The van der Waals surface area contributed by atoms with Gasteiger partial charge in [0.05, 0.1) is 5.56 Å². The first-order chi connectivity index (χ1) is 9.27. The second-order valence-corrected chi connectivity index (χ2v) is 4.80. The van der Waals surface area contributed by atoms with Gasteiger partial charge in [0.25, 0.3) is 0 Å². The molecule has 0 bridgehead atoms. The summed E-state index contributed by atoms with van der Waals surface area (Å²) in [5, 5.41) is 0. The SMILES string of the molecule is CC[C@@H](C)C=NC(=NC)c1cc(C)cc(C(F)(F)F)c1. The molecule has 0 heterocycles. The van der Waals surface area contributed by atoms with Crippen molar-refractivity contribution >= 4 is 12.1 Å². The highest BCUT2D eigenvalue weighted by Crippen LogP contribution is 2.30. The molecule has 20 heavy (non-hydrogen) atoms. The van der Waals surface area contributed by atoms with Crippen molar-refractivity contribution in [1.82, 2.24) is 0 Å². The minimum atomic E-state index is -4.36. The molecule has 0 aliphatic heterocycles. The molecule has 110 valence electrons. The maximum Gasteiger partial charge on any atom is 0.416 e. The number of hydrogen-bond acceptors (Lipinski definition) is 1. The van der Waals surface area contributed by atoms with E-state index in [2.05, 4.69) is 9.98 Å². The largest absolute Gasteiger partial charge is 0.416 e. The van der Waals surface area contributed by atoms with E-state index in [1.807, 2.05) is 13.8 Å². The normalized spacial score (nSPS) is 14.8. The third-order valence-corrected chi connectivity index (χ3v) is 2.97. The number of alkyl halides is 3. The van der Waals surface area contributed by atoms with Gasteiger partial charge in [-0.25, -0.2) is 4.99 Å². The van der Waals surface area contributed by atoms with E-state index in [-0.39, 0.29) is 5.92 Å². The van der Waals surface area contributed by atoms with Gasteiger partial charge in [-0.15, -0.1) is 0 Å². The fraction of sp³-hybridized carbons (Fsp3) is 0.467. The van der Waals surface area contributed by atoms with Crippen LogP contribution in [0.15, 0.2) is 28.2 Å². The fourth-order valence-corrected chi connectivity index (χ4v) is 1.64. The molecule has 1 aromatic carbocycles. The van der Waals surface area contributed by atoms with Crippen LogP contribution in [0.1, 0.15) is 37.0 Å². The molecule has 2 nitrogen and oxygen atoms in total. The first kappa shape index (κ1) is 16.4. The molecule has 1 rings (SSSR count). The van der Waals surface area contributed by atoms with Crippen molar-refractivity contribution in [1.29, 1.82) is 0 Å². The monoisotopic (exact) mass is 284 g/mol. The number of benzene rings is 1. The van der Waals surface area contributed by atoms with Crippen molar-refractivity contribution in [3.05, 3.63) is 34.9 Å². The van der Waals surface area contributed by atoms with Crippen LogP contribution in [0.25, 0.3) is 0 Å². The standard InChI is InChI=1S/C15H19F3N2/c1-5-10(2)9-20-14(19-4)12-6-11(3)7-13(8-12)15(16,17)18/h6-10H,5H2,1-4H3/t10-/m1/s1. The lowest BCUT2D eigenvalue weighted by molar-refractivity contribution is -0.137. The topological polar surface area (TPSA) is 24.7 Å². The molecule has 0 saturated carbocycles. The number of hydrogen-bond donors (Lipinski definition) is 0. The Hall–Kier alpha value is -1.65. The molecule has 0 saturated heterocycles. The molecule has 0 amide bonds. The van der Waals surface area contributed by atoms with Crippen LogP contribution >= 0.6 is 0 Å². The van der Waals surface area contributed by atoms with Gasteiger partial charge < -0.3 is 0 Å². The molecule has 0 spiro atoms. The van der Waals surface area contributed by atoms with E-state index in [1.165, 1.54) is 7.05 Å². The summed E-state index contributed by atoms with van der Waals surface area (Å²) in [6, 6.07) is 3.87. The van der Waals surface area contributed by atoms with Crippen molar-refractivity contribution in [2.75, 3.05) is 7.05 Å². The smallest absolute Gasteiger partial charge is 0.270 e. The van der Waals surface area contributed by atoms with Crippen LogP contribution in [0.3, 0.4) is 0 Å². The summed E-state index contributed by atoms with van der Waals surface area (Å²) in [5.41, 5.74) is 0.251. The number of rotatable bonds is 3. The van der Waals surface area contributed by atoms with Crippen LogP contribution in [0.5, 0.6) is 0 Å². The van der Waals surface area contributed by atoms with E-state index >= 15 is 0 Å². The van der Waals surface area contributed by atoms with E-state index in [4.69, 9.17) is 0 Å². The van der Waals surface area contributed by atoms with Gasteiger partial charge in [-0.1, -0.05) is 13.8 Å². The van der Waals surface area contributed by atoms with E-state index in [0.717, 1.165) is 18.6 Å². The number of aryl methyl sites for hydroxylation is 1. The fourth-order valence-electron chi connectivity index (χ4n) is 1.64. The molecule has 0 aliphatic rings. The van der Waals surface area contributed by atoms with Crippen molar-refractivity contribution in [2.24, 2.45) is 15.9 Å². The second kappa shape index (κ2) is 6.68. The molecular formula is C15H19F3N2. The minimum absolute atomic E-state index is 0.263. The molecule has 5 heteroatoms. The third kappa shape index (κ3) is 4.47. The number of amidine groups is 1. The Morgan fingerprint density at radius 3 is 2.45 bits per heavy atom. The van der Waals surface area contributed by atoms with Crippen molar-refractivity contribution in [3.8, 4) is 0 Å². The molecule has 0 aromatic heterocycles. The first-order valence-electron chi connectivity index (χ1n) is 6.48. The predicted molar refractivity (Wildman–Crippen MR) is 76.6 cm³/mol. The molecule has 0 fully saturated rings. The minimum Gasteiger partial charge on any atom is -0.270 e. The highest BCUT2D eigenvalue weighted by molar-refractivity contribution is 6.03. The molecule has 0 N–H and O–H groups in total. The highest BCUT2D eigenvalue weighted by Gasteiger charge is 2.31. The van der Waals surface area contributed by atoms with Gasteiger partial charge in [-0.05, 0) is 43.0 Å². The highest BCUT2D eigenvalue weighted by atomic mass is 19.4. The average molecular weight is 284 g/mol. The molecular weight excluding hydrogens is 265 g/mol.